The highest BCUT2D eigenvalue weighted by molar-refractivity contribution is 5.04. The first-order chi connectivity index (χ1) is 6.75. The Kier molecular flexibility index (Phi) is 2.77. The molecule has 1 aliphatic rings. The van der Waals surface area contributed by atoms with Crippen LogP contribution in [0.1, 0.15) is 43.3 Å². The summed E-state index contributed by atoms with van der Waals surface area (Å²) in [5.74, 6) is 1.60. The minimum absolute atomic E-state index is 0.405. The Morgan fingerprint density at radius 2 is 2.36 bits per heavy atom. The molecule has 0 saturated heterocycles. The van der Waals surface area contributed by atoms with Crippen LogP contribution in [0.3, 0.4) is 0 Å². The molecule has 0 radical (unpaired) electrons. The molecule has 0 spiro atoms. The standard InChI is InChI=1S/C11H16N2O/c1-8-12-7-6-10(13-8)11(14)5-4-9-2-3-9/h6-7,9,11,14H,2-5H2,1H3. The molecule has 1 fully saturated rings. The number of aromatic nitrogens is 2. The maximum absolute atomic E-state index is 9.83. The van der Waals surface area contributed by atoms with E-state index < -0.39 is 6.10 Å². The molecule has 76 valence electrons. The van der Waals surface area contributed by atoms with Crippen molar-refractivity contribution in [3.8, 4) is 0 Å². The molecule has 1 aromatic rings. The third-order valence-corrected chi connectivity index (χ3v) is 2.68. The molecule has 0 aliphatic heterocycles. The van der Waals surface area contributed by atoms with E-state index in [1.807, 2.05) is 6.92 Å². The molecule has 3 heteroatoms. The number of aryl methyl sites for hydroxylation is 1. The predicted molar refractivity (Wildman–Crippen MR) is 53.7 cm³/mol. The highest BCUT2D eigenvalue weighted by Crippen LogP contribution is 2.35. The van der Waals surface area contributed by atoms with Gasteiger partial charge in [0.1, 0.15) is 5.82 Å². The first-order valence-electron chi connectivity index (χ1n) is 5.23. The van der Waals surface area contributed by atoms with Crippen LogP contribution in [-0.4, -0.2) is 15.1 Å². The van der Waals surface area contributed by atoms with Crippen molar-refractivity contribution in [1.29, 1.82) is 0 Å². The molecule has 0 amide bonds. The quantitative estimate of drug-likeness (QED) is 0.793. The van der Waals surface area contributed by atoms with Crippen molar-refractivity contribution in [3.63, 3.8) is 0 Å². The van der Waals surface area contributed by atoms with Gasteiger partial charge in [-0.25, -0.2) is 9.97 Å². The van der Waals surface area contributed by atoms with E-state index in [-0.39, 0.29) is 0 Å². The summed E-state index contributed by atoms with van der Waals surface area (Å²) in [4.78, 5) is 8.22. The topological polar surface area (TPSA) is 46.0 Å². The second-order valence-corrected chi connectivity index (χ2v) is 4.07. The zero-order valence-electron chi connectivity index (χ0n) is 8.48. The Bertz CT molecular complexity index is 310. The molecule has 1 atom stereocenters. The number of aliphatic hydroxyl groups is 1. The third-order valence-electron chi connectivity index (χ3n) is 2.68. The smallest absolute Gasteiger partial charge is 0.125 e. The lowest BCUT2D eigenvalue weighted by molar-refractivity contribution is 0.157. The summed E-state index contributed by atoms with van der Waals surface area (Å²) in [5, 5.41) is 9.83. The minimum atomic E-state index is -0.405. The van der Waals surface area contributed by atoms with E-state index in [1.54, 1.807) is 12.3 Å². The summed E-state index contributed by atoms with van der Waals surface area (Å²) >= 11 is 0. The number of rotatable bonds is 4. The largest absolute Gasteiger partial charge is 0.387 e. The van der Waals surface area contributed by atoms with E-state index in [9.17, 15) is 5.11 Å². The molecule has 14 heavy (non-hydrogen) atoms. The van der Waals surface area contributed by atoms with Crippen LogP contribution in [-0.2, 0) is 0 Å². The molecule has 3 nitrogen and oxygen atoms in total. The second-order valence-electron chi connectivity index (χ2n) is 4.07. The molecule has 1 N–H and O–H groups in total. The van der Waals surface area contributed by atoms with Crippen molar-refractivity contribution in [2.75, 3.05) is 0 Å². The minimum Gasteiger partial charge on any atom is -0.387 e. The third kappa shape index (κ3) is 2.51. The van der Waals surface area contributed by atoms with E-state index in [0.29, 0.717) is 0 Å². The lowest BCUT2D eigenvalue weighted by Crippen LogP contribution is -2.02. The lowest BCUT2D eigenvalue weighted by atomic mass is 10.1. The molecule has 0 bridgehead atoms. The normalized spacial score (nSPS) is 18.1. The maximum atomic E-state index is 9.83. The van der Waals surface area contributed by atoms with Crippen LogP contribution in [0.25, 0.3) is 0 Å². The molecule has 1 aliphatic carbocycles. The number of hydrogen-bond acceptors (Lipinski definition) is 3. The summed E-state index contributed by atoms with van der Waals surface area (Å²) in [6, 6.07) is 1.80. The molecule has 1 unspecified atom stereocenters. The Morgan fingerprint density at radius 3 is 3.00 bits per heavy atom. The van der Waals surface area contributed by atoms with Gasteiger partial charge in [-0.2, -0.15) is 0 Å². The zero-order valence-corrected chi connectivity index (χ0v) is 8.48. The highest BCUT2D eigenvalue weighted by atomic mass is 16.3. The average Bonchev–Trinajstić information content (AvgIpc) is 2.97. The van der Waals surface area contributed by atoms with Crippen LogP contribution < -0.4 is 0 Å². The van der Waals surface area contributed by atoms with Crippen LogP contribution in [0.2, 0.25) is 0 Å². The van der Waals surface area contributed by atoms with Crippen molar-refractivity contribution in [2.24, 2.45) is 5.92 Å². The molecule has 1 aromatic heterocycles. The van der Waals surface area contributed by atoms with E-state index in [1.165, 1.54) is 12.8 Å². The van der Waals surface area contributed by atoms with Crippen LogP contribution >= 0.6 is 0 Å². The molecule has 1 saturated carbocycles. The zero-order chi connectivity index (χ0) is 9.97. The Morgan fingerprint density at radius 1 is 1.57 bits per heavy atom. The molecular formula is C11H16N2O. The van der Waals surface area contributed by atoms with Gasteiger partial charge in [-0.1, -0.05) is 12.8 Å². The molecule has 2 rings (SSSR count). The van der Waals surface area contributed by atoms with Gasteiger partial charge in [0.15, 0.2) is 0 Å². The van der Waals surface area contributed by atoms with Gasteiger partial charge in [0.25, 0.3) is 0 Å². The van der Waals surface area contributed by atoms with Crippen LogP contribution in [0, 0.1) is 12.8 Å². The Labute approximate surface area is 84.2 Å². The number of aliphatic hydroxyl groups excluding tert-OH is 1. The van der Waals surface area contributed by atoms with Crippen molar-refractivity contribution < 1.29 is 5.11 Å². The van der Waals surface area contributed by atoms with Crippen molar-refractivity contribution in [3.05, 3.63) is 23.8 Å². The van der Waals surface area contributed by atoms with Gasteiger partial charge >= 0.3 is 0 Å². The van der Waals surface area contributed by atoms with Gasteiger partial charge in [-0.05, 0) is 31.7 Å². The summed E-state index contributed by atoms with van der Waals surface area (Å²) in [5.41, 5.74) is 0.762. The first-order valence-corrected chi connectivity index (χ1v) is 5.23. The Hall–Kier alpha value is -0.960. The van der Waals surface area contributed by atoms with E-state index in [0.717, 1.165) is 30.3 Å². The Balaban J connectivity index is 1.91. The summed E-state index contributed by atoms with van der Waals surface area (Å²) in [6.07, 6.45) is 5.95. The fourth-order valence-electron chi connectivity index (χ4n) is 1.61. The van der Waals surface area contributed by atoms with Crippen LogP contribution in [0.15, 0.2) is 12.3 Å². The van der Waals surface area contributed by atoms with Crippen molar-refractivity contribution in [2.45, 2.75) is 38.7 Å². The van der Waals surface area contributed by atoms with Gasteiger partial charge < -0.3 is 5.11 Å². The predicted octanol–water partition coefficient (Wildman–Crippen LogP) is 2.01. The van der Waals surface area contributed by atoms with Crippen LogP contribution in [0.4, 0.5) is 0 Å². The monoisotopic (exact) mass is 192 g/mol. The van der Waals surface area contributed by atoms with Crippen molar-refractivity contribution >= 4 is 0 Å². The molecule has 0 aromatic carbocycles. The summed E-state index contributed by atoms with van der Waals surface area (Å²) in [7, 11) is 0. The number of nitrogens with zero attached hydrogens (tertiary/aromatic N) is 2. The van der Waals surface area contributed by atoms with E-state index in [4.69, 9.17) is 0 Å². The van der Waals surface area contributed by atoms with E-state index >= 15 is 0 Å². The van der Waals surface area contributed by atoms with Gasteiger partial charge in [0.05, 0.1) is 11.8 Å². The lowest BCUT2D eigenvalue weighted by Gasteiger charge is -2.09. The van der Waals surface area contributed by atoms with Crippen molar-refractivity contribution in [1.82, 2.24) is 9.97 Å². The van der Waals surface area contributed by atoms with Gasteiger partial charge in [0.2, 0.25) is 0 Å². The summed E-state index contributed by atoms with van der Waals surface area (Å²) in [6.45, 7) is 1.84. The number of hydrogen-bond donors (Lipinski definition) is 1. The first kappa shape index (κ1) is 9.59. The van der Waals surface area contributed by atoms with Gasteiger partial charge in [-0.3, -0.25) is 0 Å². The average molecular weight is 192 g/mol. The fourth-order valence-corrected chi connectivity index (χ4v) is 1.61. The maximum Gasteiger partial charge on any atom is 0.125 e. The summed E-state index contributed by atoms with van der Waals surface area (Å²) < 4.78 is 0. The van der Waals surface area contributed by atoms with Gasteiger partial charge in [-0.15, -0.1) is 0 Å². The van der Waals surface area contributed by atoms with Gasteiger partial charge in [0, 0.05) is 6.20 Å². The van der Waals surface area contributed by atoms with E-state index in [2.05, 4.69) is 9.97 Å². The van der Waals surface area contributed by atoms with Crippen LogP contribution in [0.5, 0.6) is 0 Å². The molecule has 1 heterocycles. The SMILES string of the molecule is Cc1nccc(C(O)CCC2CC2)n1. The fraction of sp³-hybridized carbons (Fsp3) is 0.636. The molecular weight excluding hydrogens is 176 g/mol. The second kappa shape index (κ2) is 4.05. The highest BCUT2D eigenvalue weighted by Gasteiger charge is 2.22.